The Morgan fingerprint density at radius 2 is 2.09 bits per heavy atom. The highest BCUT2D eigenvalue weighted by atomic mass is 35.5. The summed E-state index contributed by atoms with van der Waals surface area (Å²) in [5.74, 6) is 0.728. The summed E-state index contributed by atoms with van der Waals surface area (Å²) in [7, 11) is 1.54. The summed E-state index contributed by atoms with van der Waals surface area (Å²) in [5, 5.41) is 3.67. The van der Waals surface area contributed by atoms with Crippen LogP contribution in [0.5, 0.6) is 0 Å². The lowest BCUT2D eigenvalue weighted by Gasteiger charge is -2.29. The second kappa shape index (κ2) is 9.04. The van der Waals surface area contributed by atoms with Crippen LogP contribution in [0.15, 0.2) is 65.6 Å². The summed E-state index contributed by atoms with van der Waals surface area (Å²) >= 11 is 6.03. The first-order chi connectivity index (χ1) is 15.3. The highest BCUT2D eigenvalue weighted by molar-refractivity contribution is 6.30. The van der Waals surface area contributed by atoms with Crippen LogP contribution in [0.25, 0.3) is 0 Å². The summed E-state index contributed by atoms with van der Waals surface area (Å²) in [6.07, 6.45) is 3.19. The van der Waals surface area contributed by atoms with Gasteiger partial charge in [-0.05, 0) is 54.8 Å². The van der Waals surface area contributed by atoms with E-state index in [-0.39, 0.29) is 5.91 Å². The molecule has 0 radical (unpaired) electrons. The number of nitrogens with one attached hydrogen (secondary N) is 1. The molecule has 0 spiro atoms. The molecule has 0 saturated carbocycles. The lowest BCUT2D eigenvalue weighted by atomic mass is 10.1. The van der Waals surface area contributed by atoms with Crippen LogP contribution in [-0.2, 0) is 16.1 Å². The van der Waals surface area contributed by atoms with Crippen molar-refractivity contribution in [3.8, 4) is 0 Å². The average Bonchev–Trinajstić information content (AvgIpc) is 3.16. The molecule has 2 heterocycles. The van der Waals surface area contributed by atoms with Crippen LogP contribution in [0, 0.1) is 12.7 Å². The molecule has 1 fully saturated rings. The van der Waals surface area contributed by atoms with Gasteiger partial charge in [-0.15, -0.1) is 0 Å². The second-order valence-electron chi connectivity index (χ2n) is 7.76. The van der Waals surface area contributed by atoms with E-state index in [4.69, 9.17) is 16.3 Å². The topological polar surface area (TPSA) is 57.2 Å². The number of ether oxygens (including phenoxy) is 1. The van der Waals surface area contributed by atoms with Crippen molar-refractivity contribution in [2.45, 2.75) is 26.3 Å². The monoisotopic (exact) mass is 454 g/mol. The molecule has 6 nitrogen and oxygen atoms in total. The van der Waals surface area contributed by atoms with Crippen molar-refractivity contribution in [3.05, 3.63) is 82.6 Å². The fraction of sp³-hybridized carbons (Fsp3) is 0.250. The number of benzene rings is 2. The standard InChI is InChI=1S/C24H24ClFN4O2/c1-15-6-7-20(30-8-4-5-23(30)31)12-21(15)28-24-27-16(2)22(32-3)14-29(24)13-17-9-18(25)11-19(26)10-17/h6-7,9-12,14H,2,4-5,8,13H2,1,3H3,(H,27,28). The van der Waals surface area contributed by atoms with Crippen LogP contribution >= 0.6 is 11.6 Å². The Labute approximate surface area is 191 Å². The van der Waals surface area contributed by atoms with Gasteiger partial charge in [-0.3, -0.25) is 4.79 Å². The van der Waals surface area contributed by atoms with Crippen molar-refractivity contribution in [1.29, 1.82) is 0 Å². The van der Waals surface area contributed by atoms with Gasteiger partial charge in [0.1, 0.15) is 11.5 Å². The quantitative estimate of drug-likeness (QED) is 0.674. The van der Waals surface area contributed by atoms with Gasteiger partial charge in [-0.25, -0.2) is 9.38 Å². The molecule has 0 atom stereocenters. The van der Waals surface area contributed by atoms with Gasteiger partial charge >= 0.3 is 0 Å². The third kappa shape index (κ3) is 4.62. The van der Waals surface area contributed by atoms with Gasteiger partial charge in [0.2, 0.25) is 11.9 Å². The normalized spacial score (nSPS) is 16.2. The van der Waals surface area contributed by atoms with E-state index in [1.54, 1.807) is 24.3 Å². The molecule has 1 saturated heterocycles. The Balaban J connectivity index is 1.64. The molecule has 2 aromatic rings. The zero-order chi connectivity index (χ0) is 22.8. The van der Waals surface area contributed by atoms with Crippen LogP contribution in [0.4, 0.5) is 15.8 Å². The molecule has 166 valence electrons. The zero-order valence-corrected chi connectivity index (χ0v) is 18.7. The summed E-state index contributed by atoms with van der Waals surface area (Å²) in [4.78, 5) is 20.4. The van der Waals surface area contributed by atoms with Crippen molar-refractivity contribution < 1.29 is 13.9 Å². The Morgan fingerprint density at radius 1 is 1.28 bits per heavy atom. The van der Waals surface area contributed by atoms with Gasteiger partial charge in [0.25, 0.3) is 0 Å². The number of nitrogens with zero attached hydrogens (tertiary/aromatic N) is 3. The van der Waals surface area contributed by atoms with E-state index in [1.807, 2.05) is 30.0 Å². The smallest absolute Gasteiger partial charge is 0.227 e. The SMILES string of the molecule is C=C1N=C(Nc2cc(N3CCCC3=O)ccc2C)N(Cc2cc(F)cc(Cl)c2)C=C1OC. The number of halogens is 2. The molecule has 8 heteroatoms. The van der Waals surface area contributed by atoms with Crippen LogP contribution in [0.1, 0.15) is 24.0 Å². The first-order valence-electron chi connectivity index (χ1n) is 10.3. The average molecular weight is 455 g/mol. The van der Waals surface area contributed by atoms with E-state index in [9.17, 15) is 9.18 Å². The number of anilines is 2. The Bertz CT molecular complexity index is 1120. The molecular weight excluding hydrogens is 431 g/mol. The van der Waals surface area contributed by atoms with Crippen molar-refractivity contribution in [2.75, 3.05) is 23.9 Å². The number of aliphatic imine (C=N–C) groups is 1. The van der Waals surface area contributed by atoms with Crippen LogP contribution in [0.3, 0.4) is 0 Å². The van der Waals surface area contributed by atoms with E-state index in [0.717, 1.165) is 23.4 Å². The molecule has 0 unspecified atom stereocenters. The van der Waals surface area contributed by atoms with Gasteiger partial charge in [-0.1, -0.05) is 24.2 Å². The van der Waals surface area contributed by atoms with E-state index >= 15 is 0 Å². The number of hydrogen-bond acceptors (Lipinski definition) is 5. The molecule has 4 rings (SSSR count). The van der Waals surface area contributed by atoms with Crippen LogP contribution in [0.2, 0.25) is 5.02 Å². The number of rotatable bonds is 5. The van der Waals surface area contributed by atoms with Gasteiger partial charge in [0.05, 0.1) is 19.9 Å². The number of carbonyl (C=O) groups excluding carboxylic acids is 1. The number of amides is 1. The van der Waals surface area contributed by atoms with E-state index in [1.165, 1.54) is 12.1 Å². The summed E-state index contributed by atoms with van der Waals surface area (Å²) < 4.78 is 19.3. The van der Waals surface area contributed by atoms with Crippen molar-refractivity contribution in [1.82, 2.24) is 4.90 Å². The number of aryl methyl sites for hydroxylation is 1. The van der Waals surface area contributed by atoms with Crippen molar-refractivity contribution in [3.63, 3.8) is 0 Å². The molecule has 0 aliphatic carbocycles. The summed E-state index contributed by atoms with van der Waals surface area (Å²) in [6.45, 7) is 6.96. The minimum Gasteiger partial charge on any atom is -0.493 e. The van der Waals surface area contributed by atoms with Gasteiger partial charge in [-0.2, -0.15) is 0 Å². The fourth-order valence-electron chi connectivity index (χ4n) is 3.77. The number of carbonyl (C=O) groups is 1. The number of hydrogen-bond donors (Lipinski definition) is 1. The molecular formula is C24H24ClFN4O2. The van der Waals surface area contributed by atoms with E-state index < -0.39 is 5.82 Å². The third-order valence-electron chi connectivity index (χ3n) is 5.42. The Kier molecular flexibility index (Phi) is 6.19. The minimum atomic E-state index is -0.407. The van der Waals surface area contributed by atoms with Crippen LogP contribution < -0.4 is 10.2 Å². The van der Waals surface area contributed by atoms with Gasteiger partial charge < -0.3 is 19.9 Å². The minimum absolute atomic E-state index is 0.125. The van der Waals surface area contributed by atoms with Crippen molar-refractivity contribution >= 4 is 34.8 Å². The van der Waals surface area contributed by atoms with Gasteiger partial charge in [0, 0.05) is 29.4 Å². The lowest BCUT2D eigenvalue weighted by Crippen LogP contribution is -2.35. The maximum absolute atomic E-state index is 13.9. The van der Waals surface area contributed by atoms with E-state index in [2.05, 4.69) is 16.9 Å². The third-order valence-corrected chi connectivity index (χ3v) is 5.64. The maximum Gasteiger partial charge on any atom is 0.227 e. The highest BCUT2D eigenvalue weighted by Crippen LogP contribution is 2.29. The second-order valence-corrected chi connectivity index (χ2v) is 8.19. The summed E-state index contributed by atoms with van der Waals surface area (Å²) in [6, 6.07) is 10.3. The first-order valence-corrected chi connectivity index (χ1v) is 10.7. The maximum atomic E-state index is 13.9. The Morgan fingerprint density at radius 3 is 2.78 bits per heavy atom. The predicted octanol–water partition coefficient (Wildman–Crippen LogP) is 5.20. The molecule has 2 aliphatic rings. The Hall–Kier alpha value is -3.32. The molecule has 2 aliphatic heterocycles. The first kappa shape index (κ1) is 21.9. The van der Waals surface area contributed by atoms with E-state index in [0.29, 0.717) is 47.5 Å². The predicted molar refractivity (Wildman–Crippen MR) is 125 cm³/mol. The summed E-state index contributed by atoms with van der Waals surface area (Å²) in [5.41, 5.74) is 3.78. The van der Waals surface area contributed by atoms with Gasteiger partial charge in [0.15, 0.2) is 5.76 Å². The molecule has 0 bridgehead atoms. The number of guanidine groups is 1. The van der Waals surface area contributed by atoms with Crippen LogP contribution in [-0.4, -0.2) is 30.4 Å². The van der Waals surface area contributed by atoms with Crippen molar-refractivity contribution in [2.24, 2.45) is 4.99 Å². The lowest BCUT2D eigenvalue weighted by molar-refractivity contribution is -0.117. The highest BCUT2D eigenvalue weighted by Gasteiger charge is 2.24. The largest absolute Gasteiger partial charge is 0.493 e. The molecule has 0 aromatic heterocycles. The fourth-order valence-corrected chi connectivity index (χ4v) is 4.01. The molecule has 2 aromatic carbocycles. The molecule has 1 N–H and O–H groups in total. The number of methoxy groups -OCH3 is 1. The molecule has 32 heavy (non-hydrogen) atoms. The molecule has 1 amide bonds. The zero-order valence-electron chi connectivity index (χ0n) is 18.0.